The lowest BCUT2D eigenvalue weighted by Gasteiger charge is -2.41. The van der Waals surface area contributed by atoms with E-state index in [4.69, 9.17) is 3.63 Å². The second kappa shape index (κ2) is 9.58. The molecular formula is C32H40N2O5S2. The van der Waals surface area contributed by atoms with E-state index >= 15 is 0 Å². The highest BCUT2D eigenvalue weighted by Gasteiger charge is 2.67. The van der Waals surface area contributed by atoms with Crippen LogP contribution in [0.4, 0.5) is 4.79 Å². The maximum atomic E-state index is 14.0. The zero-order valence-electron chi connectivity index (χ0n) is 23.9. The van der Waals surface area contributed by atoms with E-state index in [1.54, 1.807) is 0 Å². The Kier molecular flexibility index (Phi) is 6.42. The van der Waals surface area contributed by atoms with Gasteiger partial charge < -0.3 is 9.80 Å². The average Bonchev–Trinajstić information content (AvgIpc) is 3.63. The second-order valence-electron chi connectivity index (χ2n) is 13.4. The Morgan fingerprint density at radius 3 is 2.15 bits per heavy atom. The first-order valence-electron chi connectivity index (χ1n) is 15.0. The van der Waals surface area contributed by atoms with Crippen LogP contribution in [0.2, 0.25) is 0 Å². The summed E-state index contributed by atoms with van der Waals surface area (Å²) in [5.41, 5.74) is 0.953. The van der Waals surface area contributed by atoms with Gasteiger partial charge in [-0.15, -0.1) is 10.3 Å². The minimum Gasteiger partial charge on any atom is -0.314 e. The molecule has 3 aliphatic heterocycles. The standard InChI is InChI=1S/C32H40N2O5S2/c1-31(2)25-15-16-32(31,28(35)18-25)22-41(37,38)39-40-17-9-14-27(40)29-26(21-40)33(19-23-10-5-3-6-11-23)30(36)34(29)20-24-12-7-4-8-13-24/h3-8,10-13,25-27,29H,9,14-22H2,1-2H3/t25-,26?,27?,29?,32-/m1/s1. The third-order valence-electron chi connectivity index (χ3n) is 11.2. The molecule has 6 atom stereocenters. The van der Waals surface area contributed by atoms with Gasteiger partial charge in [0.05, 0.1) is 23.3 Å². The van der Waals surface area contributed by atoms with Crippen LogP contribution in [0.5, 0.6) is 0 Å². The van der Waals surface area contributed by atoms with E-state index in [2.05, 4.69) is 13.8 Å². The minimum absolute atomic E-state index is 0.0110. The maximum absolute atomic E-state index is 14.0. The Labute approximate surface area is 245 Å². The van der Waals surface area contributed by atoms with Crippen LogP contribution in [-0.4, -0.2) is 64.6 Å². The number of nitrogens with zero attached hydrogens (tertiary/aromatic N) is 2. The highest BCUT2D eigenvalue weighted by Crippen LogP contribution is 2.70. The predicted octanol–water partition coefficient (Wildman–Crippen LogP) is 5.50. The van der Waals surface area contributed by atoms with Gasteiger partial charge in [0.2, 0.25) is 0 Å². The monoisotopic (exact) mass is 596 g/mol. The van der Waals surface area contributed by atoms with E-state index in [0.717, 1.165) is 36.1 Å². The molecule has 2 amide bonds. The van der Waals surface area contributed by atoms with Gasteiger partial charge in [0.15, 0.2) is 0 Å². The molecule has 2 aromatic carbocycles. The summed E-state index contributed by atoms with van der Waals surface area (Å²) in [6.07, 6.45) is 3.79. The predicted molar refractivity (Wildman–Crippen MR) is 161 cm³/mol. The summed E-state index contributed by atoms with van der Waals surface area (Å²) < 4.78 is 34.4. The van der Waals surface area contributed by atoms with Gasteiger partial charge in [-0.05, 0) is 48.1 Å². The van der Waals surface area contributed by atoms with E-state index in [0.29, 0.717) is 31.7 Å². The molecule has 0 radical (unpaired) electrons. The van der Waals surface area contributed by atoms with Gasteiger partial charge in [-0.25, -0.2) is 8.42 Å². The number of Topliss-reactive ketones (excluding diaryl/α,β-unsaturated/α-hetero) is 1. The lowest BCUT2D eigenvalue weighted by molar-refractivity contribution is -0.128. The Hall–Kier alpha value is -2.36. The smallest absolute Gasteiger partial charge is 0.314 e. The number of fused-ring (bicyclic) bond motifs is 5. The fourth-order valence-corrected chi connectivity index (χ4v) is 16.7. The Bertz CT molecular complexity index is 1470. The summed E-state index contributed by atoms with van der Waals surface area (Å²) in [6.45, 7) is 5.14. The largest absolute Gasteiger partial charge is 0.321 e. The highest BCUT2D eigenvalue weighted by atomic mass is 32.3. The quantitative estimate of drug-likeness (QED) is 0.376. The van der Waals surface area contributed by atoms with Gasteiger partial charge >= 0.3 is 6.03 Å². The van der Waals surface area contributed by atoms with Crippen molar-refractivity contribution in [1.82, 2.24) is 9.80 Å². The van der Waals surface area contributed by atoms with Crippen LogP contribution >= 0.6 is 10.3 Å². The van der Waals surface area contributed by atoms with Crippen molar-refractivity contribution < 1.29 is 21.6 Å². The summed E-state index contributed by atoms with van der Waals surface area (Å²) in [5.74, 6) is 1.46. The molecule has 4 unspecified atom stereocenters. The molecule has 220 valence electrons. The maximum Gasteiger partial charge on any atom is 0.321 e. The normalized spacial score (nSPS) is 36.9. The summed E-state index contributed by atoms with van der Waals surface area (Å²) in [5, 5.41) is 0.0110. The first-order chi connectivity index (χ1) is 19.6. The number of benzene rings is 2. The van der Waals surface area contributed by atoms with Gasteiger partial charge in [0.1, 0.15) is 5.78 Å². The van der Waals surface area contributed by atoms with Crippen LogP contribution in [0.1, 0.15) is 57.1 Å². The first-order valence-corrected chi connectivity index (χ1v) is 18.5. The summed E-state index contributed by atoms with van der Waals surface area (Å²) in [4.78, 5) is 31.1. The van der Waals surface area contributed by atoms with Crippen LogP contribution in [0.25, 0.3) is 0 Å². The number of amides is 2. The van der Waals surface area contributed by atoms with Crippen molar-refractivity contribution in [3.8, 4) is 0 Å². The van der Waals surface area contributed by atoms with E-state index in [1.165, 1.54) is 0 Å². The van der Waals surface area contributed by atoms with Gasteiger partial charge in [-0.2, -0.15) is 8.42 Å². The van der Waals surface area contributed by atoms with Crippen LogP contribution in [0, 0.1) is 16.7 Å². The molecule has 2 saturated carbocycles. The number of ketones is 1. The topological polar surface area (TPSA) is 84.0 Å². The molecule has 7 rings (SSSR count). The molecule has 2 aliphatic carbocycles. The fourth-order valence-electron chi connectivity index (χ4n) is 8.95. The molecule has 0 N–H and O–H groups in total. The number of carbonyl (C=O) groups is 2. The number of hydrogen-bond donors (Lipinski definition) is 0. The molecule has 2 aromatic rings. The molecule has 0 spiro atoms. The molecular weight excluding hydrogens is 556 g/mol. The van der Waals surface area contributed by atoms with Crippen LogP contribution < -0.4 is 0 Å². The Morgan fingerprint density at radius 1 is 0.927 bits per heavy atom. The van der Waals surface area contributed by atoms with E-state index in [9.17, 15) is 18.0 Å². The van der Waals surface area contributed by atoms with Crippen molar-refractivity contribution in [2.45, 2.75) is 76.4 Å². The van der Waals surface area contributed by atoms with Crippen LogP contribution in [0.3, 0.4) is 0 Å². The van der Waals surface area contributed by atoms with Crippen molar-refractivity contribution in [2.75, 3.05) is 17.3 Å². The zero-order chi connectivity index (χ0) is 28.6. The van der Waals surface area contributed by atoms with Crippen molar-refractivity contribution in [3.05, 3.63) is 71.8 Å². The minimum atomic E-state index is -3.96. The van der Waals surface area contributed by atoms with Gasteiger partial charge in [-0.1, -0.05) is 74.5 Å². The third kappa shape index (κ3) is 4.20. The number of rotatable bonds is 8. The third-order valence-corrected chi connectivity index (χ3v) is 17.5. The SMILES string of the molecule is CC1(C)[C@@H]2CC[C@@]1(CS(=O)(=O)OS13CCCC1C1C(C3)N(Cc3ccccc3)C(=O)N1Cc1ccccc1)C(=O)C2. The molecule has 0 aromatic heterocycles. The van der Waals surface area contributed by atoms with Crippen LogP contribution in [0.15, 0.2) is 60.7 Å². The molecule has 2 bridgehead atoms. The van der Waals surface area contributed by atoms with E-state index < -0.39 is 25.8 Å². The van der Waals surface area contributed by atoms with Crippen molar-refractivity contribution >= 4 is 32.2 Å². The molecule has 41 heavy (non-hydrogen) atoms. The fraction of sp³-hybridized carbons (Fsp3) is 0.562. The molecule has 3 heterocycles. The summed E-state index contributed by atoms with van der Waals surface area (Å²) >= 11 is 0. The van der Waals surface area contributed by atoms with Gasteiger partial charge in [0, 0.05) is 36.3 Å². The molecule has 9 heteroatoms. The number of hydrogen-bond acceptors (Lipinski definition) is 5. The zero-order valence-corrected chi connectivity index (χ0v) is 25.5. The lowest BCUT2D eigenvalue weighted by Crippen LogP contribution is -2.43. The van der Waals surface area contributed by atoms with E-state index in [1.807, 2.05) is 70.5 Å². The van der Waals surface area contributed by atoms with Gasteiger partial charge in [-0.3, -0.25) is 4.79 Å². The Balaban J connectivity index is 1.20. The van der Waals surface area contributed by atoms with Crippen molar-refractivity contribution in [2.24, 2.45) is 16.7 Å². The van der Waals surface area contributed by atoms with Crippen molar-refractivity contribution in [3.63, 3.8) is 0 Å². The number of carbonyl (C=O) groups excluding carboxylic acids is 2. The van der Waals surface area contributed by atoms with Crippen molar-refractivity contribution in [1.29, 1.82) is 0 Å². The first kappa shape index (κ1) is 27.5. The highest BCUT2D eigenvalue weighted by molar-refractivity contribution is 8.33. The second-order valence-corrected chi connectivity index (χ2v) is 18.5. The van der Waals surface area contributed by atoms with Gasteiger partial charge in [0.25, 0.3) is 10.1 Å². The average molecular weight is 597 g/mol. The molecule has 5 aliphatic rings. The number of urea groups is 1. The summed E-state index contributed by atoms with van der Waals surface area (Å²) in [7, 11) is -5.97. The molecule has 3 saturated heterocycles. The molecule has 5 fully saturated rings. The Morgan fingerprint density at radius 2 is 1.56 bits per heavy atom. The lowest BCUT2D eigenvalue weighted by atomic mass is 9.70. The molecule has 7 nitrogen and oxygen atoms in total. The summed E-state index contributed by atoms with van der Waals surface area (Å²) in [6, 6.07) is 19.9. The van der Waals surface area contributed by atoms with Crippen LogP contribution in [-0.2, 0) is 31.6 Å². The van der Waals surface area contributed by atoms with E-state index in [-0.39, 0.29) is 46.2 Å².